The predicted molar refractivity (Wildman–Crippen MR) is 95.1 cm³/mol. The number of halogens is 1. The third-order valence-corrected chi connectivity index (χ3v) is 4.00. The van der Waals surface area contributed by atoms with E-state index in [4.69, 9.17) is 0 Å². The second-order valence-electron chi connectivity index (χ2n) is 6.07. The summed E-state index contributed by atoms with van der Waals surface area (Å²) in [6, 6.07) is 7.42. The molecule has 0 bridgehead atoms. The molecular weight excluding hydrogens is 314 g/mol. The molecule has 6 heteroatoms. The van der Waals surface area contributed by atoms with Crippen LogP contribution in [0.15, 0.2) is 24.3 Å². The minimum atomic E-state index is -0.0618. The lowest BCUT2D eigenvalue weighted by molar-refractivity contribution is -0.118. The lowest BCUT2D eigenvalue weighted by Crippen LogP contribution is -2.40. The fraction of sp³-hybridized carbons (Fsp3) is 0.529. The Morgan fingerprint density at radius 1 is 1.26 bits per heavy atom. The third kappa shape index (κ3) is 4.94. The summed E-state index contributed by atoms with van der Waals surface area (Å²) in [6.45, 7) is 5.34. The molecule has 1 saturated heterocycles. The Hall–Kier alpha value is -1.59. The van der Waals surface area contributed by atoms with E-state index in [-0.39, 0.29) is 36.2 Å². The normalized spacial score (nSPS) is 17.0. The van der Waals surface area contributed by atoms with Gasteiger partial charge in [0, 0.05) is 36.3 Å². The number of likely N-dealkylation sites (N-methyl/N-ethyl adjacent to an activating group) is 1. The van der Waals surface area contributed by atoms with Crippen LogP contribution in [0.4, 0.5) is 5.69 Å². The minimum absolute atomic E-state index is 0. The van der Waals surface area contributed by atoms with Gasteiger partial charge in [-0.05, 0) is 44.2 Å². The summed E-state index contributed by atoms with van der Waals surface area (Å²) in [6.07, 6.45) is 2.11. The Bertz CT molecular complexity index is 531. The first kappa shape index (κ1) is 19.5. The zero-order valence-electron chi connectivity index (χ0n) is 14.0. The largest absolute Gasteiger partial charge is 0.334 e. The summed E-state index contributed by atoms with van der Waals surface area (Å²) < 4.78 is 0. The molecule has 0 aromatic heterocycles. The highest BCUT2D eigenvalue weighted by Crippen LogP contribution is 2.20. The van der Waals surface area contributed by atoms with Gasteiger partial charge in [0.05, 0.1) is 0 Å². The first-order valence-corrected chi connectivity index (χ1v) is 7.89. The van der Waals surface area contributed by atoms with Gasteiger partial charge in [-0.25, -0.2) is 0 Å². The van der Waals surface area contributed by atoms with E-state index in [9.17, 15) is 9.59 Å². The number of benzene rings is 1. The molecule has 1 atom stereocenters. The van der Waals surface area contributed by atoms with Crippen LogP contribution in [0, 0.1) is 5.92 Å². The number of likely N-dealkylation sites (tertiary alicyclic amines) is 1. The molecule has 0 spiro atoms. The Labute approximate surface area is 144 Å². The van der Waals surface area contributed by atoms with Gasteiger partial charge in [0.1, 0.15) is 0 Å². The molecule has 1 unspecified atom stereocenters. The summed E-state index contributed by atoms with van der Waals surface area (Å²) in [4.78, 5) is 26.2. The van der Waals surface area contributed by atoms with E-state index in [2.05, 4.69) is 10.6 Å². The Morgan fingerprint density at radius 3 is 2.48 bits per heavy atom. The van der Waals surface area contributed by atoms with E-state index in [0.717, 1.165) is 31.6 Å². The number of hydrogen-bond donors (Lipinski definition) is 2. The van der Waals surface area contributed by atoms with Crippen LogP contribution in [0.1, 0.15) is 37.0 Å². The fourth-order valence-electron chi connectivity index (χ4n) is 2.70. The molecule has 0 aliphatic carbocycles. The average molecular weight is 340 g/mol. The van der Waals surface area contributed by atoms with Crippen molar-refractivity contribution in [3.8, 4) is 0 Å². The number of amides is 2. The van der Waals surface area contributed by atoms with Crippen molar-refractivity contribution in [3.05, 3.63) is 29.8 Å². The van der Waals surface area contributed by atoms with Crippen molar-refractivity contribution in [2.45, 2.75) is 32.7 Å². The fourth-order valence-corrected chi connectivity index (χ4v) is 2.70. The molecule has 0 saturated carbocycles. The zero-order valence-corrected chi connectivity index (χ0v) is 14.8. The Balaban J connectivity index is 0.00000264. The predicted octanol–water partition coefficient (Wildman–Crippen LogP) is 2.53. The van der Waals surface area contributed by atoms with E-state index in [1.165, 1.54) is 0 Å². The van der Waals surface area contributed by atoms with Gasteiger partial charge in [-0.1, -0.05) is 13.8 Å². The number of rotatable bonds is 5. The van der Waals surface area contributed by atoms with Gasteiger partial charge in [-0.3, -0.25) is 9.59 Å². The molecule has 0 radical (unpaired) electrons. The van der Waals surface area contributed by atoms with Crippen LogP contribution in [0.25, 0.3) is 0 Å². The van der Waals surface area contributed by atoms with Crippen molar-refractivity contribution in [3.63, 3.8) is 0 Å². The van der Waals surface area contributed by atoms with Gasteiger partial charge in [-0.15, -0.1) is 12.4 Å². The molecule has 1 aromatic carbocycles. The van der Waals surface area contributed by atoms with Gasteiger partial charge in [0.25, 0.3) is 5.91 Å². The first-order valence-electron chi connectivity index (χ1n) is 7.89. The van der Waals surface area contributed by atoms with Crippen LogP contribution in [0.3, 0.4) is 0 Å². The van der Waals surface area contributed by atoms with E-state index in [0.29, 0.717) is 5.56 Å². The number of hydrogen-bond acceptors (Lipinski definition) is 3. The molecule has 1 aromatic rings. The molecule has 1 fully saturated rings. The average Bonchev–Trinajstić information content (AvgIpc) is 2.96. The van der Waals surface area contributed by atoms with Gasteiger partial charge >= 0.3 is 0 Å². The van der Waals surface area contributed by atoms with Crippen molar-refractivity contribution in [2.24, 2.45) is 5.92 Å². The van der Waals surface area contributed by atoms with Gasteiger partial charge < -0.3 is 15.5 Å². The SMILES string of the molecule is CNCC1CCCN1C(=O)c1ccc(NC(=O)C(C)C)cc1.Cl. The topological polar surface area (TPSA) is 61.4 Å². The van der Waals surface area contributed by atoms with Crippen molar-refractivity contribution >= 4 is 29.9 Å². The molecule has 2 N–H and O–H groups in total. The maximum Gasteiger partial charge on any atom is 0.254 e. The maximum atomic E-state index is 12.6. The maximum absolute atomic E-state index is 12.6. The van der Waals surface area contributed by atoms with E-state index in [1.807, 2.05) is 25.8 Å². The summed E-state index contributed by atoms with van der Waals surface area (Å²) in [7, 11) is 1.91. The van der Waals surface area contributed by atoms with Crippen molar-refractivity contribution in [2.75, 3.05) is 25.5 Å². The summed E-state index contributed by atoms with van der Waals surface area (Å²) in [5, 5.41) is 5.98. The molecule has 1 aliphatic heterocycles. The van der Waals surface area contributed by atoms with Crippen LogP contribution in [-0.4, -0.2) is 42.9 Å². The van der Waals surface area contributed by atoms with Crippen LogP contribution in [0.2, 0.25) is 0 Å². The highest BCUT2D eigenvalue weighted by atomic mass is 35.5. The van der Waals surface area contributed by atoms with E-state index in [1.54, 1.807) is 24.3 Å². The molecule has 1 aliphatic rings. The van der Waals surface area contributed by atoms with E-state index < -0.39 is 0 Å². The number of carbonyl (C=O) groups excluding carboxylic acids is 2. The lowest BCUT2D eigenvalue weighted by atomic mass is 10.1. The van der Waals surface area contributed by atoms with Crippen molar-refractivity contribution in [1.29, 1.82) is 0 Å². The molecule has 2 amide bonds. The van der Waals surface area contributed by atoms with Gasteiger partial charge in [-0.2, -0.15) is 0 Å². The Morgan fingerprint density at radius 2 is 1.91 bits per heavy atom. The van der Waals surface area contributed by atoms with Crippen molar-refractivity contribution < 1.29 is 9.59 Å². The second kappa shape index (κ2) is 8.89. The highest BCUT2D eigenvalue weighted by molar-refractivity contribution is 5.96. The van der Waals surface area contributed by atoms with Crippen molar-refractivity contribution in [1.82, 2.24) is 10.2 Å². The zero-order chi connectivity index (χ0) is 16.1. The van der Waals surface area contributed by atoms with Crippen LogP contribution in [-0.2, 0) is 4.79 Å². The third-order valence-electron chi connectivity index (χ3n) is 4.00. The lowest BCUT2D eigenvalue weighted by Gasteiger charge is -2.24. The first-order chi connectivity index (χ1) is 10.5. The molecule has 128 valence electrons. The quantitative estimate of drug-likeness (QED) is 0.866. The molecule has 2 rings (SSSR count). The standard InChI is InChI=1S/C17H25N3O2.ClH/c1-12(2)16(21)19-14-8-6-13(7-9-14)17(22)20-10-4-5-15(20)11-18-3;/h6-9,12,15,18H,4-5,10-11H2,1-3H3,(H,19,21);1H. The summed E-state index contributed by atoms with van der Waals surface area (Å²) in [5.74, 6) is -0.0135. The molecule has 23 heavy (non-hydrogen) atoms. The van der Waals surface area contributed by atoms with Gasteiger partial charge in [0.15, 0.2) is 0 Å². The number of nitrogens with zero attached hydrogens (tertiary/aromatic N) is 1. The van der Waals surface area contributed by atoms with Crippen LogP contribution < -0.4 is 10.6 Å². The number of carbonyl (C=O) groups is 2. The van der Waals surface area contributed by atoms with Gasteiger partial charge in [0.2, 0.25) is 5.91 Å². The molecular formula is C17H26ClN3O2. The van der Waals surface area contributed by atoms with Crippen LogP contribution >= 0.6 is 12.4 Å². The number of nitrogens with one attached hydrogen (secondary N) is 2. The summed E-state index contributed by atoms with van der Waals surface area (Å²) in [5.41, 5.74) is 1.40. The summed E-state index contributed by atoms with van der Waals surface area (Å²) >= 11 is 0. The monoisotopic (exact) mass is 339 g/mol. The van der Waals surface area contributed by atoms with Crippen LogP contribution in [0.5, 0.6) is 0 Å². The minimum Gasteiger partial charge on any atom is -0.334 e. The van der Waals surface area contributed by atoms with E-state index >= 15 is 0 Å². The molecule has 1 heterocycles. The second-order valence-corrected chi connectivity index (χ2v) is 6.07. The smallest absolute Gasteiger partial charge is 0.254 e. The molecule has 5 nitrogen and oxygen atoms in total. The number of anilines is 1. The highest BCUT2D eigenvalue weighted by Gasteiger charge is 2.28. The Kier molecular flexibility index (Phi) is 7.52.